The fourth-order valence-corrected chi connectivity index (χ4v) is 5.34. The summed E-state index contributed by atoms with van der Waals surface area (Å²) in [5, 5.41) is 21.4. The molecule has 2 aliphatic rings. The Balaban J connectivity index is 1.46. The number of carbonyl (C=O) groups excluding carboxylic acids is 1. The molecule has 1 aliphatic heterocycles. The molecule has 1 aliphatic carbocycles. The number of pyridine rings is 1. The van der Waals surface area contributed by atoms with Crippen LogP contribution in [0.2, 0.25) is 0 Å². The minimum Gasteiger partial charge on any atom is -0.391 e. The van der Waals surface area contributed by atoms with Crippen molar-refractivity contribution in [2.24, 2.45) is 0 Å². The van der Waals surface area contributed by atoms with Gasteiger partial charge in [0.1, 0.15) is 23.2 Å². The number of amides is 1. The first-order chi connectivity index (χ1) is 17.5. The largest absolute Gasteiger partial charge is 0.391 e. The van der Waals surface area contributed by atoms with Crippen molar-refractivity contribution < 1.29 is 19.0 Å². The van der Waals surface area contributed by atoms with Crippen molar-refractivity contribution in [3.05, 3.63) is 42.4 Å². The number of aliphatic hydroxyl groups excluding tert-OH is 1. The minimum absolute atomic E-state index is 0.0601. The molecular weight excluding hydrogens is 465 g/mol. The average Bonchev–Trinajstić information content (AvgIpc) is 3.61. The highest BCUT2D eigenvalue weighted by Crippen LogP contribution is 2.35. The number of aliphatic hydroxyl groups is 1. The number of fused-ring (bicyclic) bond motifs is 2. The average molecular weight is 494 g/mol. The highest BCUT2D eigenvalue weighted by molar-refractivity contribution is 6.01. The fraction of sp³-hybridized carbons (Fsp3) is 0.440. The van der Waals surface area contributed by atoms with E-state index in [0.717, 1.165) is 23.8 Å². The van der Waals surface area contributed by atoms with E-state index in [1.807, 2.05) is 29.0 Å². The van der Waals surface area contributed by atoms with Gasteiger partial charge < -0.3 is 25.0 Å². The number of halogens is 1. The monoisotopic (exact) mass is 493 g/mol. The summed E-state index contributed by atoms with van der Waals surface area (Å²) in [4.78, 5) is 22.5. The maximum Gasteiger partial charge on any atom is 0.257 e. The molecule has 3 N–H and O–H groups in total. The quantitative estimate of drug-likeness (QED) is 0.391. The third-order valence-electron chi connectivity index (χ3n) is 7.24. The summed E-state index contributed by atoms with van der Waals surface area (Å²) in [6, 6.07) is 4.97. The van der Waals surface area contributed by atoms with E-state index in [0.29, 0.717) is 47.8 Å². The molecule has 6 rings (SSSR count). The lowest BCUT2D eigenvalue weighted by atomic mass is 10.1. The van der Waals surface area contributed by atoms with E-state index in [1.54, 1.807) is 17.8 Å². The Morgan fingerprint density at radius 1 is 1.28 bits per heavy atom. The zero-order valence-corrected chi connectivity index (χ0v) is 19.9. The lowest BCUT2D eigenvalue weighted by molar-refractivity contribution is 0.00443. The van der Waals surface area contributed by atoms with Crippen LogP contribution >= 0.6 is 0 Å². The summed E-state index contributed by atoms with van der Waals surface area (Å²) in [5.41, 5.74) is 2.79. The summed E-state index contributed by atoms with van der Waals surface area (Å²) in [7, 11) is 1.77. The predicted octanol–water partition coefficient (Wildman–Crippen LogP) is 2.73. The number of nitrogens with one attached hydrogen (secondary N) is 2. The van der Waals surface area contributed by atoms with E-state index < -0.39 is 12.3 Å². The molecule has 0 radical (unpaired) electrons. The van der Waals surface area contributed by atoms with E-state index >= 15 is 0 Å². The fourth-order valence-electron chi connectivity index (χ4n) is 5.34. The van der Waals surface area contributed by atoms with Gasteiger partial charge in [0.15, 0.2) is 5.65 Å². The van der Waals surface area contributed by atoms with Gasteiger partial charge in [-0.3, -0.25) is 4.79 Å². The summed E-state index contributed by atoms with van der Waals surface area (Å²) < 4.78 is 23.6. The Morgan fingerprint density at radius 2 is 2.17 bits per heavy atom. The molecule has 4 aromatic rings. The van der Waals surface area contributed by atoms with Gasteiger partial charge in [0.05, 0.1) is 36.7 Å². The van der Waals surface area contributed by atoms with Crippen LogP contribution < -0.4 is 10.6 Å². The van der Waals surface area contributed by atoms with Gasteiger partial charge in [0.2, 0.25) is 0 Å². The molecular formula is C25H28FN7O3. The van der Waals surface area contributed by atoms with E-state index in [4.69, 9.17) is 9.72 Å². The number of anilines is 1. The van der Waals surface area contributed by atoms with Crippen molar-refractivity contribution in [3.63, 3.8) is 0 Å². The molecule has 188 valence electrons. The molecule has 1 amide bonds. The van der Waals surface area contributed by atoms with Gasteiger partial charge in [-0.15, -0.1) is 0 Å². The second-order valence-corrected chi connectivity index (χ2v) is 9.42. The maximum absolute atomic E-state index is 14.8. The van der Waals surface area contributed by atoms with Crippen LogP contribution in [0, 0.1) is 0 Å². The molecule has 4 atom stereocenters. The minimum atomic E-state index is -1.14. The molecule has 2 fully saturated rings. The molecule has 0 bridgehead atoms. The molecule has 10 nitrogen and oxygen atoms in total. The van der Waals surface area contributed by atoms with Gasteiger partial charge in [0.25, 0.3) is 5.91 Å². The summed E-state index contributed by atoms with van der Waals surface area (Å²) in [6.45, 7) is 0.551. The van der Waals surface area contributed by atoms with Gasteiger partial charge in [-0.25, -0.2) is 14.4 Å². The Bertz CT molecular complexity index is 1430. The van der Waals surface area contributed by atoms with E-state index in [9.17, 15) is 14.3 Å². The molecule has 1 saturated carbocycles. The lowest BCUT2D eigenvalue weighted by Gasteiger charge is -2.27. The first-order valence-corrected chi connectivity index (χ1v) is 12.3. The SMILES string of the molecule is CNc1cc(-c2cn([C@@H]3CCOC[C@H]3F)c3ncccc23)nc2c(C(=O)N[C@@H]3CCC[C@@H]3O)cnn12. The van der Waals surface area contributed by atoms with Gasteiger partial charge in [0, 0.05) is 43.1 Å². The third kappa shape index (κ3) is 3.79. The van der Waals surface area contributed by atoms with E-state index in [1.165, 1.54) is 6.20 Å². The van der Waals surface area contributed by atoms with Crippen LogP contribution in [0.25, 0.3) is 27.9 Å². The third-order valence-corrected chi connectivity index (χ3v) is 7.24. The zero-order chi connectivity index (χ0) is 24.8. The van der Waals surface area contributed by atoms with Gasteiger partial charge in [-0.05, 0) is 37.8 Å². The summed E-state index contributed by atoms with van der Waals surface area (Å²) >= 11 is 0. The van der Waals surface area contributed by atoms with E-state index in [2.05, 4.69) is 20.7 Å². The van der Waals surface area contributed by atoms with Crippen molar-refractivity contribution in [2.75, 3.05) is 25.6 Å². The number of carbonyl (C=O) groups is 1. The topological polar surface area (TPSA) is 119 Å². The van der Waals surface area contributed by atoms with Crippen LogP contribution in [0.3, 0.4) is 0 Å². The number of rotatable bonds is 5. The van der Waals surface area contributed by atoms with Gasteiger partial charge in [-0.2, -0.15) is 9.61 Å². The van der Waals surface area contributed by atoms with Crippen molar-refractivity contribution in [1.29, 1.82) is 0 Å². The number of nitrogens with zero attached hydrogens (tertiary/aromatic N) is 5. The normalized spacial score (nSPS) is 24.4. The molecule has 4 aromatic heterocycles. The van der Waals surface area contributed by atoms with Crippen LogP contribution in [0.4, 0.5) is 10.2 Å². The number of ether oxygens (including phenoxy) is 1. The van der Waals surface area contributed by atoms with Crippen LogP contribution in [-0.2, 0) is 4.74 Å². The first kappa shape index (κ1) is 22.9. The lowest BCUT2D eigenvalue weighted by Crippen LogP contribution is -2.39. The van der Waals surface area contributed by atoms with Crippen LogP contribution in [0.15, 0.2) is 36.8 Å². The van der Waals surface area contributed by atoms with Crippen LogP contribution in [0.1, 0.15) is 42.1 Å². The Morgan fingerprint density at radius 3 is 2.94 bits per heavy atom. The Kier molecular flexibility index (Phi) is 5.81. The molecule has 36 heavy (non-hydrogen) atoms. The van der Waals surface area contributed by atoms with E-state index in [-0.39, 0.29) is 24.6 Å². The highest BCUT2D eigenvalue weighted by atomic mass is 19.1. The van der Waals surface area contributed by atoms with Gasteiger partial charge in [-0.1, -0.05) is 0 Å². The molecule has 5 heterocycles. The summed E-state index contributed by atoms with van der Waals surface area (Å²) in [6.07, 6.45) is 6.24. The van der Waals surface area contributed by atoms with Crippen LogP contribution in [0.5, 0.6) is 0 Å². The molecule has 0 aromatic carbocycles. The summed E-state index contributed by atoms with van der Waals surface area (Å²) in [5.74, 6) is 0.323. The number of aromatic nitrogens is 5. The zero-order valence-electron chi connectivity index (χ0n) is 19.9. The second kappa shape index (κ2) is 9.14. The van der Waals surface area contributed by atoms with Gasteiger partial charge >= 0.3 is 0 Å². The highest BCUT2D eigenvalue weighted by Gasteiger charge is 2.31. The van der Waals surface area contributed by atoms with Crippen molar-refractivity contribution in [1.82, 2.24) is 29.5 Å². The first-order valence-electron chi connectivity index (χ1n) is 12.3. The maximum atomic E-state index is 14.8. The van der Waals surface area contributed by atoms with Crippen molar-refractivity contribution >= 4 is 28.4 Å². The number of hydrogen-bond acceptors (Lipinski definition) is 7. The van der Waals surface area contributed by atoms with Crippen LogP contribution in [-0.4, -0.2) is 73.7 Å². The Hall–Kier alpha value is -3.57. The molecule has 0 unspecified atom stereocenters. The number of hydrogen-bond donors (Lipinski definition) is 3. The molecule has 11 heteroatoms. The standard InChI is InChI=1S/C25H28FN7O3/c1-27-22-10-19(30-24-15(11-29-33(22)24)25(35)31-18-5-2-6-21(18)34)16-12-32(20-7-9-36-13-17(20)26)23-14(16)4-3-8-28-23/h3-4,8,10-12,17-18,20-21,27,34H,2,5-7,9,13H2,1H3,(H,31,35)/t17-,18-,20-,21+/m1/s1. The number of alkyl halides is 1. The van der Waals surface area contributed by atoms with Crippen molar-refractivity contribution in [2.45, 2.75) is 50.0 Å². The smallest absolute Gasteiger partial charge is 0.257 e. The predicted molar refractivity (Wildman–Crippen MR) is 132 cm³/mol. The molecule has 0 spiro atoms. The Labute approximate surface area is 206 Å². The molecule has 1 saturated heterocycles. The second-order valence-electron chi connectivity index (χ2n) is 9.42. The van der Waals surface area contributed by atoms with Crippen molar-refractivity contribution in [3.8, 4) is 11.3 Å².